The molecule has 1 heterocycles. The lowest BCUT2D eigenvalue weighted by molar-refractivity contribution is 0.414. The molecule has 1 aromatic heterocycles. The Bertz CT molecular complexity index is 453. The molecule has 0 atom stereocenters. The van der Waals surface area contributed by atoms with Gasteiger partial charge in [-0.15, -0.1) is 5.10 Å². The highest BCUT2D eigenvalue weighted by Crippen LogP contribution is 2.20. The summed E-state index contributed by atoms with van der Waals surface area (Å²) in [7, 11) is 3.53. The zero-order valence-electron chi connectivity index (χ0n) is 9.25. The van der Waals surface area contributed by atoms with Gasteiger partial charge in [0, 0.05) is 12.8 Å². The topological polar surface area (TPSA) is 39.9 Å². The van der Waals surface area contributed by atoms with Crippen molar-refractivity contribution in [1.29, 1.82) is 0 Å². The van der Waals surface area contributed by atoms with E-state index in [9.17, 15) is 0 Å². The predicted octanol–water partition coefficient (Wildman–Crippen LogP) is 2.12. The molecular formula is C11H13N3OS. The highest BCUT2D eigenvalue weighted by Gasteiger charge is 2.00. The van der Waals surface area contributed by atoms with E-state index in [-0.39, 0.29) is 0 Å². The number of hydrogen-bond acceptors (Lipinski definition) is 4. The average molecular weight is 235 g/mol. The molecule has 0 aliphatic rings. The molecule has 1 aromatic carbocycles. The van der Waals surface area contributed by atoms with E-state index in [0.717, 1.165) is 16.7 Å². The Morgan fingerprint density at radius 1 is 1.31 bits per heavy atom. The van der Waals surface area contributed by atoms with Gasteiger partial charge in [-0.1, -0.05) is 23.9 Å². The van der Waals surface area contributed by atoms with Crippen molar-refractivity contribution in [3.63, 3.8) is 0 Å². The number of ether oxygens (including phenoxy) is 1. The molecule has 0 radical (unpaired) electrons. The molecule has 0 bridgehead atoms. The van der Waals surface area contributed by atoms with Crippen LogP contribution in [0.5, 0.6) is 5.75 Å². The molecule has 0 aliphatic carbocycles. The van der Waals surface area contributed by atoms with Gasteiger partial charge < -0.3 is 4.74 Å². The lowest BCUT2D eigenvalue weighted by atomic mass is 10.2. The monoisotopic (exact) mass is 235 g/mol. The van der Waals surface area contributed by atoms with E-state index in [1.807, 2.05) is 19.2 Å². The molecule has 16 heavy (non-hydrogen) atoms. The quantitative estimate of drug-likeness (QED) is 0.761. The van der Waals surface area contributed by atoms with E-state index >= 15 is 0 Å². The Kier molecular flexibility index (Phi) is 3.46. The Morgan fingerprint density at radius 2 is 2.06 bits per heavy atom. The first-order chi connectivity index (χ1) is 7.78. The van der Waals surface area contributed by atoms with Gasteiger partial charge in [-0.05, 0) is 17.7 Å². The van der Waals surface area contributed by atoms with Gasteiger partial charge in [0.25, 0.3) is 0 Å². The zero-order valence-corrected chi connectivity index (χ0v) is 10.1. The van der Waals surface area contributed by atoms with Gasteiger partial charge >= 0.3 is 0 Å². The maximum absolute atomic E-state index is 5.10. The van der Waals surface area contributed by atoms with Crippen LogP contribution in [0.2, 0.25) is 0 Å². The summed E-state index contributed by atoms with van der Waals surface area (Å²) in [5.74, 6) is 1.75. The number of hydrogen-bond donors (Lipinski definition) is 0. The number of nitrogens with zero attached hydrogens (tertiary/aromatic N) is 3. The summed E-state index contributed by atoms with van der Waals surface area (Å²) in [5, 5.41) is 5.01. The fraction of sp³-hybridized carbons (Fsp3) is 0.273. The lowest BCUT2D eigenvalue weighted by Crippen LogP contribution is -1.87. The normalized spacial score (nSPS) is 10.4. The van der Waals surface area contributed by atoms with Crippen LogP contribution < -0.4 is 4.74 Å². The van der Waals surface area contributed by atoms with Crippen LogP contribution in [0.3, 0.4) is 0 Å². The minimum atomic E-state index is 0.804. The number of aromatic nitrogens is 3. The van der Waals surface area contributed by atoms with Crippen LogP contribution in [0.15, 0.2) is 35.7 Å². The van der Waals surface area contributed by atoms with Crippen molar-refractivity contribution < 1.29 is 4.74 Å². The average Bonchev–Trinajstić information content (AvgIpc) is 2.73. The summed E-state index contributed by atoms with van der Waals surface area (Å²) < 4.78 is 6.81. The molecular weight excluding hydrogens is 222 g/mol. The number of rotatable bonds is 4. The molecule has 0 aliphatic heterocycles. The molecule has 2 rings (SSSR count). The second-order valence-corrected chi connectivity index (χ2v) is 4.28. The summed E-state index contributed by atoms with van der Waals surface area (Å²) in [6.45, 7) is 0. The number of thioether (sulfide) groups is 1. The van der Waals surface area contributed by atoms with Crippen LogP contribution in [-0.4, -0.2) is 21.9 Å². The first-order valence-electron chi connectivity index (χ1n) is 4.89. The van der Waals surface area contributed by atoms with Crippen molar-refractivity contribution in [2.75, 3.05) is 7.11 Å². The molecule has 2 aromatic rings. The second kappa shape index (κ2) is 5.03. The highest BCUT2D eigenvalue weighted by molar-refractivity contribution is 7.98. The van der Waals surface area contributed by atoms with Crippen LogP contribution in [0.25, 0.3) is 0 Å². The van der Waals surface area contributed by atoms with Gasteiger partial charge in [0.2, 0.25) is 5.16 Å². The van der Waals surface area contributed by atoms with Gasteiger partial charge in [0.1, 0.15) is 12.1 Å². The predicted molar refractivity (Wildman–Crippen MR) is 63.6 cm³/mol. The summed E-state index contributed by atoms with van der Waals surface area (Å²) in [6, 6.07) is 8.02. The molecule has 0 saturated carbocycles. The molecule has 0 spiro atoms. The van der Waals surface area contributed by atoms with Crippen LogP contribution in [0.4, 0.5) is 0 Å². The molecule has 0 saturated heterocycles. The first-order valence-corrected chi connectivity index (χ1v) is 5.88. The Hall–Kier alpha value is -1.49. The third-order valence-corrected chi connectivity index (χ3v) is 3.03. The highest BCUT2D eigenvalue weighted by atomic mass is 32.2. The largest absolute Gasteiger partial charge is 0.497 e. The van der Waals surface area contributed by atoms with Crippen molar-refractivity contribution in [2.45, 2.75) is 10.9 Å². The first kappa shape index (κ1) is 11.0. The fourth-order valence-corrected chi connectivity index (χ4v) is 2.05. The lowest BCUT2D eigenvalue weighted by Gasteiger charge is -2.01. The van der Waals surface area contributed by atoms with Crippen LogP contribution in [-0.2, 0) is 12.8 Å². The summed E-state index contributed by atoms with van der Waals surface area (Å²) in [5.41, 5.74) is 1.23. The molecule has 4 nitrogen and oxygen atoms in total. The molecule has 0 unspecified atom stereocenters. The Balaban J connectivity index is 1.94. The standard InChI is InChI=1S/C11H13N3OS/c1-14-8-12-11(13-14)16-7-9-3-5-10(15-2)6-4-9/h3-6,8H,7H2,1-2H3. The van der Waals surface area contributed by atoms with E-state index in [0.29, 0.717) is 0 Å². The summed E-state index contributed by atoms with van der Waals surface area (Å²) in [4.78, 5) is 4.15. The van der Waals surface area contributed by atoms with Gasteiger partial charge in [0.15, 0.2) is 0 Å². The maximum atomic E-state index is 5.10. The van der Waals surface area contributed by atoms with E-state index < -0.39 is 0 Å². The summed E-state index contributed by atoms with van der Waals surface area (Å²) >= 11 is 1.62. The third-order valence-electron chi connectivity index (χ3n) is 2.11. The zero-order chi connectivity index (χ0) is 11.4. The smallest absolute Gasteiger partial charge is 0.208 e. The molecule has 0 fully saturated rings. The van der Waals surface area contributed by atoms with E-state index in [2.05, 4.69) is 22.2 Å². The van der Waals surface area contributed by atoms with Crippen molar-refractivity contribution in [1.82, 2.24) is 14.8 Å². The van der Waals surface area contributed by atoms with Crippen LogP contribution >= 0.6 is 11.8 Å². The Morgan fingerprint density at radius 3 is 2.62 bits per heavy atom. The van der Waals surface area contributed by atoms with E-state index in [1.54, 1.807) is 29.9 Å². The maximum Gasteiger partial charge on any atom is 0.208 e. The van der Waals surface area contributed by atoms with E-state index in [1.165, 1.54) is 5.56 Å². The van der Waals surface area contributed by atoms with Gasteiger partial charge in [-0.3, -0.25) is 4.68 Å². The fourth-order valence-electron chi connectivity index (χ4n) is 1.26. The Labute approximate surface area is 98.6 Å². The van der Waals surface area contributed by atoms with Crippen molar-refractivity contribution in [3.8, 4) is 5.75 Å². The van der Waals surface area contributed by atoms with Crippen molar-refractivity contribution >= 4 is 11.8 Å². The minimum absolute atomic E-state index is 0.804. The number of benzene rings is 1. The van der Waals surface area contributed by atoms with Crippen LogP contribution in [0.1, 0.15) is 5.56 Å². The van der Waals surface area contributed by atoms with Gasteiger partial charge in [0.05, 0.1) is 7.11 Å². The second-order valence-electron chi connectivity index (χ2n) is 3.34. The van der Waals surface area contributed by atoms with Gasteiger partial charge in [-0.25, -0.2) is 4.98 Å². The molecule has 0 N–H and O–H groups in total. The third kappa shape index (κ3) is 2.76. The van der Waals surface area contributed by atoms with Crippen molar-refractivity contribution in [3.05, 3.63) is 36.2 Å². The van der Waals surface area contributed by atoms with Crippen LogP contribution in [0, 0.1) is 0 Å². The van der Waals surface area contributed by atoms with Gasteiger partial charge in [-0.2, -0.15) is 0 Å². The summed E-state index contributed by atoms with van der Waals surface area (Å²) in [6.07, 6.45) is 1.70. The molecule has 84 valence electrons. The SMILES string of the molecule is COc1ccc(CSc2ncn(C)n2)cc1. The number of aryl methyl sites for hydroxylation is 1. The van der Waals surface area contributed by atoms with Crippen molar-refractivity contribution in [2.24, 2.45) is 7.05 Å². The molecule has 0 amide bonds. The number of methoxy groups -OCH3 is 1. The van der Waals surface area contributed by atoms with E-state index in [4.69, 9.17) is 4.74 Å². The molecule has 5 heteroatoms. The minimum Gasteiger partial charge on any atom is -0.497 e.